The van der Waals surface area contributed by atoms with E-state index in [0.29, 0.717) is 5.84 Å². The maximum Gasteiger partial charge on any atom is 0.144 e. The predicted octanol–water partition coefficient (Wildman–Crippen LogP) is 3.37. The Balaban J connectivity index is 2.28. The number of benzene rings is 1. The molecule has 1 aromatic rings. The van der Waals surface area contributed by atoms with Gasteiger partial charge in [-0.2, -0.15) is 0 Å². The third kappa shape index (κ3) is 6.17. The second kappa shape index (κ2) is 8.03. The molecule has 1 aromatic carbocycles. The van der Waals surface area contributed by atoms with Crippen molar-refractivity contribution in [3.8, 4) is 0 Å². The second-order valence-electron chi connectivity index (χ2n) is 6.55. The standard InChI is InChI=1S/C17H29N3O/c1-14-7-9-15(10-8-14)13-20(4)12-6-5-11-17(2,3)16(18)19-21/h7-10,21H,5-6,11-13H2,1-4H3,(H2,18,19). The summed E-state index contributed by atoms with van der Waals surface area (Å²) < 4.78 is 0. The number of amidine groups is 1. The van der Waals surface area contributed by atoms with Crippen LogP contribution in [0.1, 0.15) is 44.2 Å². The van der Waals surface area contributed by atoms with Gasteiger partial charge in [0.05, 0.1) is 0 Å². The van der Waals surface area contributed by atoms with E-state index in [9.17, 15) is 0 Å². The average Bonchev–Trinajstić information content (AvgIpc) is 2.45. The van der Waals surface area contributed by atoms with Gasteiger partial charge in [0, 0.05) is 12.0 Å². The van der Waals surface area contributed by atoms with Crippen molar-refractivity contribution in [3.63, 3.8) is 0 Å². The second-order valence-corrected chi connectivity index (χ2v) is 6.55. The van der Waals surface area contributed by atoms with Crippen LogP contribution >= 0.6 is 0 Å². The van der Waals surface area contributed by atoms with Crippen molar-refractivity contribution >= 4 is 5.84 Å². The smallest absolute Gasteiger partial charge is 0.144 e. The van der Waals surface area contributed by atoms with Crippen LogP contribution in [-0.4, -0.2) is 29.5 Å². The molecule has 118 valence electrons. The zero-order chi connectivity index (χ0) is 15.9. The van der Waals surface area contributed by atoms with Gasteiger partial charge in [-0.25, -0.2) is 0 Å². The van der Waals surface area contributed by atoms with E-state index >= 15 is 0 Å². The van der Waals surface area contributed by atoms with Gasteiger partial charge in [0.1, 0.15) is 5.84 Å². The highest BCUT2D eigenvalue weighted by Gasteiger charge is 2.22. The molecule has 0 bridgehead atoms. The third-order valence-corrected chi connectivity index (χ3v) is 3.97. The van der Waals surface area contributed by atoms with Crippen molar-refractivity contribution in [2.75, 3.05) is 13.6 Å². The topological polar surface area (TPSA) is 61.8 Å². The quantitative estimate of drug-likeness (QED) is 0.254. The molecule has 4 heteroatoms. The zero-order valence-corrected chi connectivity index (χ0v) is 13.8. The minimum Gasteiger partial charge on any atom is -0.409 e. The van der Waals surface area contributed by atoms with Crippen LogP contribution in [0.5, 0.6) is 0 Å². The van der Waals surface area contributed by atoms with E-state index in [0.717, 1.165) is 32.4 Å². The maximum absolute atomic E-state index is 8.75. The van der Waals surface area contributed by atoms with Crippen LogP contribution in [0.2, 0.25) is 0 Å². The molecule has 0 aromatic heterocycles. The number of nitrogens with two attached hydrogens (primary N) is 1. The zero-order valence-electron chi connectivity index (χ0n) is 13.8. The van der Waals surface area contributed by atoms with Crippen molar-refractivity contribution in [1.29, 1.82) is 0 Å². The van der Waals surface area contributed by atoms with Crippen molar-refractivity contribution in [2.24, 2.45) is 16.3 Å². The Bertz CT molecular complexity index is 452. The lowest BCUT2D eigenvalue weighted by Crippen LogP contribution is -2.32. The molecule has 0 radical (unpaired) electrons. The Labute approximate surface area is 128 Å². The van der Waals surface area contributed by atoms with E-state index in [4.69, 9.17) is 10.9 Å². The number of aryl methyl sites for hydroxylation is 1. The Hall–Kier alpha value is -1.55. The molecule has 0 heterocycles. The highest BCUT2D eigenvalue weighted by Crippen LogP contribution is 2.23. The molecule has 0 unspecified atom stereocenters. The van der Waals surface area contributed by atoms with Crippen LogP contribution in [0.4, 0.5) is 0 Å². The Morgan fingerprint density at radius 1 is 1.24 bits per heavy atom. The van der Waals surface area contributed by atoms with Crippen molar-refractivity contribution in [3.05, 3.63) is 35.4 Å². The van der Waals surface area contributed by atoms with Gasteiger partial charge in [-0.15, -0.1) is 0 Å². The van der Waals surface area contributed by atoms with Gasteiger partial charge < -0.3 is 15.8 Å². The van der Waals surface area contributed by atoms with E-state index in [2.05, 4.69) is 48.3 Å². The first-order chi connectivity index (χ1) is 9.85. The molecule has 0 saturated heterocycles. The van der Waals surface area contributed by atoms with E-state index in [-0.39, 0.29) is 5.41 Å². The molecule has 0 spiro atoms. The normalized spacial score (nSPS) is 12.9. The van der Waals surface area contributed by atoms with E-state index in [1.165, 1.54) is 11.1 Å². The van der Waals surface area contributed by atoms with Crippen molar-refractivity contribution < 1.29 is 5.21 Å². The van der Waals surface area contributed by atoms with Crippen LogP contribution in [0.25, 0.3) is 0 Å². The SMILES string of the molecule is Cc1ccc(CN(C)CCCCC(C)(C)/C(N)=N/O)cc1. The molecular formula is C17H29N3O. The monoisotopic (exact) mass is 291 g/mol. The number of hydrogen-bond acceptors (Lipinski definition) is 3. The maximum atomic E-state index is 8.75. The highest BCUT2D eigenvalue weighted by molar-refractivity contribution is 5.85. The summed E-state index contributed by atoms with van der Waals surface area (Å²) in [5, 5.41) is 11.9. The minimum atomic E-state index is -0.232. The molecule has 3 N–H and O–H groups in total. The Morgan fingerprint density at radius 2 is 1.86 bits per heavy atom. The first-order valence-corrected chi connectivity index (χ1v) is 7.57. The van der Waals surface area contributed by atoms with Crippen molar-refractivity contribution in [2.45, 2.75) is 46.6 Å². The fraction of sp³-hybridized carbons (Fsp3) is 0.588. The van der Waals surface area contributed by atoms with Gasteiger partial charge in [-0.05, 0) is 38.9 Å². The molecular weight excluding hydrogens is 262 g/mol. The fourth-order valence-electron chi connectivity index (χ4n) is 2.30. The number of oxime groups is 1. The highest BCUT2D eigenvalue weighted by atomic mass is 16.4. The number of unbranched alkanes of at least 4 members (excludes halogenated alkanes) is 1. The lowest BCUT2D eigenvalue weighted by molar-refractivity contribution is 0.295. The Morgan fingerprint density at radius 3 is 2.43 bits per heavy atom. The molecule has 4 nitrogen and oxygen atoms in total. The van der Waals surface area contributed by atoms with Crippen LogP contribution in [-0.2, 0) is 6.54 Å². The molecule has 0 aliphatic rings. The first-order valence-electron chi connectivity index (χ1n) is 7.57. The molecule has 0 fully saturated rings. The number of nitrogens with zero attached hydrogens (tertiary/aromatic N) is 2. The third-order valence-electron chi connectivity index (χ3n) is 3.97. The minimum absolute atomic E-state index is 0.232. The summed E-state index contributed by atoms with van der Waals surface area (Å²) in [6.45, 7) is 8.16. The number of rotatable bonds is 8. The first kappa shape index (κ1) is 17.5. The largest absolute Gasteiger partial charge is 0.409 e. The van der Waals surface area contributed by atoms with Gasteiger partial charge in [0.15, 0.2) is 0 Å². The van der Waals surface area contributed by atoms with E-state index in [1.54, 1.807) is 0 Å². The summed E-state index contributed by atoms with van der Waals surface area (Å²) in [7, 11) is 2.15. The summed E-state index contributed by atoms with van der Waals surface area (Å²) >= 11 is 0. The average molecular weight is 291 g/mol. The van der Waals surface area contributed by atoms with E-state index in [1.807, 2.05) is 13.8 Å². The van der Waals surface area contributed by atoms with Crippen LogP contribution in [0.15, 0.2) is 29.4 Å². The van der Waals surface area contributed by atoms with Crippen molar-refractivity contribution in [1.82, 2.24) is 4.90 Å². The van der Waals surface area contributed by atoms with Gasteiger partial charge in [0.2, 0.25) is 0 Å². The molecule has 21 heavy (non-hydrogen) atoms. The number of hydrogen-bond donors (Lipinski definition) is 2. The van der Waals surface area contributed by atoms with Gasteiger partial charge in [0.25, 0.3) is 0 Å². The molecule has 0 aliphatic carbocycles. The van der Waals surface area contributed by atoms with Crippen LogP contribution in [0, 0.1) is 12.3 Å². The predicted molar refractivity (Wildman–Crippen MR) is 88.6 cm³/mol. The van der Waals surface area contributed by atoms with Gasteiger partial charge in [-0.3, -0.25) is 0 Å². The fourth-order valence-corrected chi connectivity index (χ4v) is 2.30. The lowest BCUT2D eigenvalue weighted by Gasteiger charge is -2.23. The summed E-state index contributed by atoms with van der Waals surface area (Å²) in [6, 6.07) is 8.69. The summed E-state index contributed by atoms with van der Waals surface area (Å²) in [5.41, 5.74) is 8.11. The molecule has 1 rings (SSSR count). The molecule has 0 atom stereocenters. The summed E-state index contributed by atoms with van der Waals surface area (Å²) in [6.07, 6.45) is 3.12. The van der Waals surface area contributed by atoms with Crippen LogP contribution in [0.3, 0.4) is 0 Å². The summed E-state index contributed by atoms with van der Waals surface area (Å²) in [5.74, 6) is 0.315. The Kier molecular flexibility index (Phi) is 6.69. The molecule has 0 saturated carbocycles. The summed E-state index contributed by atoms with van der Waals surface area (Å²) in [4.78, 5) is 2.33. The lowest BCUT2D eigenvalue weighted by atomic mass is 9.86. The van der Waals surface area contributed by atoms with Gasteiger partial charge in [-0.1, -0.05) is 55.3 Å². The molecule has 0 aliphatic heterocycles. The molecule has 0 amide bonds. The van der Waals surface area contributed by atoms with E-state index < -0.39 is 0 Å². The van der Waals surface area contributed by atoms with Gasteiger partial charge >= 0.3 is 0 Å². The van der Waals surface area contributed by atoms with Crippen LogP contribution < -0.4 is 5.73 Å².